The Morgan fingerprint density at radius 3 is 2.96 bits per heavy atom. The van der Waals surface area contributed by atoms with Crippen molar-refractivity contribution in [1.82, 2.24) is 15.5 Å². The first-order chi connectivity index (χ1) is 12.5. The van der Waals surface area contributed by atoms with Crippen LogP contribution in [-0.4, -0.2) is 35.3 Å². The predicted molar refractivity (Wildman–Crippen MR) is 98.7 cm³/mol. The summed E-state index contributed by atoms with van der Waals surface area (Å²) in [4.78, 5) is 40.4. The topological polar surface area (TPSA) is 78.5 Å². The largest absolute Gasteiger partial charge is 0.352 e. The minimum atomic E-state index is -0.969. The monoisotopic (exact) mass is 375 g/mol. The van der Waals surface area contributed by atoms with Gasteiger partial charge in [-0.05, 0) is 49.5 Å². The molecule has 2 N–H and O–H groups in total. The average Bonchev–Trinajstić information content (AvgIpc) is 3.18. The molecule has 0 aromatic carbocycles. The average molecular weight is 375 g/mol. The van der Waals surface area contributed by atoms with Crippen LogP contribution in [0.15, 0.2) is 11.4 Å². The predicted octanol–water partition coefficient (Wildman–Crippen LogP) is 2.53. The standard InChI is InChI=1S/C19H25N3O3S/c1-12-5-2-3-6-14(12)20-16(23)11-22-17(24)19(21-18(22)25)9-4-7-15-13(19)8-10-26-15/h8,10,12,14H,2-7,9,11H2,1H3,(H,20,23)(H,21,25)/t12-,14+,19-/m0/s1. The van der Waals surface area contributed by atoms with Gasteiger partial charge in [0.15, 0.2) is 0 Å². The summed E-state index contributed by atoms with van der Waals surface area (Å²) in [6.07, 6.45) is 6.79. The van der Waals surface area contributed by atoms with Crippen molar-refractivity contribution >= 4 is 29.2 Å². The van der Waals surface area contributed by atoms with E-state index in [1.165, 1.54) is 6.42 Å². The van der Waals surface area contributed by atoms with Gasteiger partial charge in [-0.15, -0.1) is 11.3 Å². The van der Waals surface area contributed by atoms with Crippen LogP contribution in [0.1, 0.15) is 55.9 Å². The minimum Gasteiger partial charge on any atom is -0.352 e. The summed E-state index contributed by atoms with van der Waals surface area (Å²) in [7, 11) is 0. The number of aryl methyl sites for hydroxylation is 1. The van der Waals surface area contributed by atoms with Gasteiger partial charge >= 0.3 is 6.03 Å². The van der Waals surface area contributed by atoms with Crippen LogP contribution in [0.2, 0.25) is 0 Å². The fourth-order valence-electron chi connectivity index (χ4n) is 4.61. The van der Waals surface area contributed by atoms with E-state index < -0.39 is 11.6 Å². The molecule has 6 nitrogen and oxygen atoms in total. The van der Waals surface area contributed by atoms with Gasteiger partial charge in [-0.25, -0.2) is 4.79 Å². The van der Waals surface area contributed by atoms with E-state index in [4.69, 9.17) is 0 Å². The van der Waals surface area contributed by atoms with Gasteiger partial charge < -0.3 is 10.6 Å². The third-order valence-corrected chi connectivity index (χ3v) is 7.08. The van der Waals surface area contributed by atoms with Crippen molar-refractivity contribution < 1.29 is 14.4 Å². The highest BCUT2D eigenvalue weighted by Crippen LogP contribution is 2.42. The summed E-state index contributed by atoms with van der Waals surface area (Å²) in [6.45, 7) is 1.95. The Morgan fingerprint density at radius 2 is 2.15 bits per heavy atom. The van der Waals surface area contributed by atoms with Crippen molar-refractivity contribution in [2.45, 2.75) is 63.5 Å². The first kappa shape index (κ1) is 17.5. The zero-order valence-corrected chi connectivity index (χ0v) is 15.9. The molecule has 2 heterocycles. The fraction of sp³-hybridized carbons (Fsp3) is 0.632. The summed E-state index contributed by atoms with van der Waals surface area (Å²) >= 11 is 1.63. The number of rotatable bonds is 3. The van der Waals surface area contributed by atoms with E-state index >= 15 is 0 Å². The number of urea groups is 1. The molecule has 140 valence electrons. The van der Waals surface area contributed by atoms with Crippen LogP contribution in [0.25, 0.3) is 0 Å². The fourth-order valence-corrected chi connectivity index (χ4v) is 5.61. The van der Waals surface area contributed by atoms with E-state index in [1.54, 1.807) is 11.3 Å². The number of nitrogens with one attached hydrogen (secondary N) is 2. The van der Waals surface area contributed by atoms with Crippen LogP contribution in [0, 0.1) is 5.92 Å². The Morgan fingerprint density at radius 1 is 1.35 bits per heavy atom. The van der Waals surface area contributed by atoms with E-state index in [0.29, 0.717) is 12.3 Å². The second-order valence-corrected chi connectivity index (χ2v) is 8.77. The van der Waals surface area contributed by atoms with Crippen LogP contribution < -0.4 is 10.6 Å². The maximum atomic E-state index is 13.1. The molecule has 7 heteroatoms. The van der Waals surface area contributed by atoms with Crippen molar-refractivity contribution in [3.05, 3.63) is 21.9 Å². The maximum Gasteiger partial charge on any atom is 0.325 e. The summed E-state index contributed by atoms with van der Waals surface area (Å²) in [5.74, 6) is -0.0896. The van der Waals surface area contributed by atoms with Crippen LogP contribution in [0.5, 0.6) is 0 Å². The molecule has 1 aromatic heterocycles. The normalized spacial score (nSPS) is 31.0. The highest BCUT2D eigenvalue weighted by atomic mass is 32.1. The number of carbonyl (C=O) groups excluding carboxylic acids is 3. The zero-order valence-electron chi connectivity index (χ0n) is 15.0. The maximum absolute atomic E-state index is 13.1. The SMILES string of the molecule is C[C@H]1CCCC[C@H]1NC(=O)CN1C(=O)N[C@]2(CCCc3sccc32)C1=O. The molecule has 0 radical (unpaired) electrons. The molecule has 1 aromatic rings. The van der Waals surface area contributed by atoms with Crippen molar-refractivity contribution in [2.24, 2.45) is 5.92 Å². The van der Waals surface area contributed by atoms with Crippen molar-refractivity contribution in [3.63, 3.8) is 0 Å². The molecule has 3 atom stereocenters. The molecule has 1 saturated carbocycles. The van der Waals surface area contributed by atoms with E-state index in [-0.39, 0.29) is 24.4 Å². The molecule has 1 saturated heterocycles. The molecule has 2 aliphatic carbocycles. The van der Waals surface area contributed by atoms with Gasteiger partial charge in [-0.3, -0.25) is 14.5 Å². The number of thiophene rings is 1. The van der Waals surface area contributed by atoms with Gasteiger partial charge in [0.05, 0.1) is 0 Å². The van der Waals surface area contributed by atoms with Gasteiger partial charge in [0, 0.05) is 16.5 Å². The summed E-state index contributed by atoms with van der Waals surface area (Å²) < 4.78 is 0. The molecule has 4 rings (SSSR count). The second-order valence-electron chi connectivity index (χ2n) is 7.77. The third-order valence-electron chi connectivity index (χ3n) is 6.10. The molecule has 0 unspecified atom stereocenters. The lowest BCUT2D eigenvalue weighted by molar-refractivity contribution is -0.136. The quantitative estimate of drug-likeness (QED) is 0.797. The third kappa shape index (κ3) is 2.82. The van der Waals surface area contributed by atoms with Crippen molar-refractivity contribution in [3.8, 4) is 0 Å². The Kier molecular flexibility index (Phi) is 4.50. The van der Waals surface area contributed by atoms with Gasteiger partial charge in [0.1, 0.15) is 12.1 Å². The zero-order chi connectivity index (χ0) is 18.3. The van der Waals surface area contributed by atoms with Gasteiger partial charge in [0.25, 0.3) is 5.91 Å². The number of hydrogen-bond acceptors (Lipinski definition) is 4. The number of fused-ring (bicyclic) bond motifs is 2. The first-order valence-corrected chi connectivity index (χ1v) is 10.4. The lowest BCUT2D eigenvalue weighted by atomic mass is 9.80. The molecule has 26 heavy (non-hydrogen) atoms. The van der Waals surface area contributed by atoms with E-state index in [1.807, 2.05) is 11.4 Å². The van der Waals surface area contributed by atoms with Crippen molar-refractivity contribution in [2.75, 3.05) is 6.54 Å². The number of amides is 4. The van der Waals surface area contributed by atoms with E-state index in [2.05, 4.69) is 17.6 Å². The Bertz CT molecular complexity index is 746. The van der Waals surface area contributed by atoms with Gasteiger partial charge in [0.2, 0.25) is 5.91 Å². The minimum absolute atomic E-state index is 0.143. The number of nitrogens with zero attached hydrogens (tertiary/aromatic N) is 1. The summed E-state index contributed by atoms with van der Waals surface area (Å²) in [6, 6.07) is 1.62. The smallest absolute Gasteiger partial charge is 0.325 e. The lowest BCUT2D eigenvalue weighted by Gasteiger charge is -2.31. The number of carbonyl (C=O) groups is 3. The molecule has 4 amide bonds. The highest BCUT2D eigenvalue weighted by molar-refractivity contribution is 7.10. The van der Waals surface area contributed by atoms with Crippen LogP contribution in [0.3, 0.4) is 0 Å². The number of hydrogen-bond donors (Lipinski definition) is 2. The molecular formula is C19H25N3O3S. The Labute approximate surface area is 157 Å². The van der Waals surface area contributed by atoms with Crippen molar-refractivity contribution in [1.29, 1.82) is 0 Å². The molecule has 0 bridgehead atoms. The molecule has 1 spiro atoms. The first-order valence-electron chi connectivity index (χ1n) is 9.51. The van der Waals surface area contributed by atoms with E-state index in [0.717, 1.165) is 47.4 Å². The van der Waals surface area contributed by atoms with Crippen LogP contribution in [-0.2, 0) is 21.5 Å². The number of imide groups is 1. The molecule has 1 aliphatic heterocycles. The summed E-state index contributed by atoms with van der Waals surface area (Å²) in [5, 5.41) is 7.89. The molecule has 3 aliphatic rings. The molecular weight excluding hydrogens is 350 g/mol. The lowest BCUT2D eigenvalue weighted by Crippen LogP contribution is -2.48. The van der Waals surface area contributed by atoms with Gasteiger partial charge in [-0.1, -0.05) is 19.8 Å². The van der Waals surface area contributed by atoms with E-state index in [9.17, 15) is 14.4 Å². The Balaban J connectivity index is 1.48. The summed E-state index contributed by atoms with van der Waals surface area (Å²) in [5.41, 5.74) is -0.0563. The van der Waals surface area contributed by atoms with Crippen LogP contribution >= 0.6 is 11.3 Å². The highest BCUT2D eigenvalue weighted by Gasteiger charge is 2.54. The van der Waals surface area contributed by atoms with Crippen LogP contribution in [0.4, 0.5) is 4.79 Å². The Hall–Kier alpha value is -1.89. The van der Waals surface area contributed by atoms with Gasteiger partial charge in [-0.2, -0.15) is 0 Å². The molecule has 2 fully saturated rings. The second kappa shape index (κ2) is 6.68.